The van der Waals surface area contributed by atoms with E-state index in [1.807, 2.05) is 92.2 Å². The van der Waals surface area contributed by atoms with Crippen LogP contribution in [0.4, 0.5) is 11.4 Å². The van der Waals surface area contributed by atoms with Gasteiger partial charge in [0, 0.05) is 18.4 Å². The summed E-state index contributed by atoms with van der Waals surface area (Å²) in [4.78, 5) is 21.0. The second-order valence-electron chi connectivity index (χ2n) is 8.97. The van der Waals surface area contributed by atoms with Gasteiger partial charge in [0.25, 0.3) is 5.56 Å². The topological polar surface area (TPSA) is 47.4 Å². The van der Waals surface area contributed by atoms with Crippen LogP contribution < -0.4 is 15.2 Å². The first-order valence-electron chi connectivity index (χ1n) is 12.0. The zero-order valence-corrected chi connectivity index (χ0v) is 21.0. The van der Waals surface area contributed by atoms with Gasteiger partial charge in [-0.05, 0) is 66.9 Å². The number of nitrogens with zero attached hydrogens (tertiary/aromatic N) is 3. The number of hydrogen-bond donors (Lipinski definition) is 0. The molecule has 0 saturated heterocycles. The molecule has 1 heterocycles. The maximum Gasteiger partial charge on any atom is 0.262 e. The fourth-order valence-corrected chi connectivity index (χ4v) is 4.79. The van der Waals surface area contributed by atoms with Crippen molar-refractivity contribution in [3.05, 3.63) is 130 Å². The normalized spacial score (nSPS) is 11.1. The lowest BCUT2D eigenvalue weighted by Gasteiger charge is -2.24. The molecular weight excluding hydrogens is 446 g/mol. The summed E-state index contributed by atoms with van der Waals surface area (Å²) in [5.74, 6) is 1.53. The number of ether oxygens (including phenoxy) is 1. The summed E-state index contributed by atoms with van der Waals surface area (Å²) < 4.78 is 7.22. The van der Waals surface area contributed by atoms with Crippen molar-refractivity contribution in [1.29, 1.82) is 0 Å². The van der Waals surface area contributed by atoms with Crippen LogP contribution in [-0.2, 0) is 0 Å². The van der Waals surface area contributed by atoms with Gasteiger partial charge in [-0.25, -0.2) is 4.98 Å². The van der Waals surface area contributed by atoms with Gasteiger partial charge in [-0.2, -0.15) is 0 Å². The lowest BCUT2D eigenvalue weighted by molar-refractivity contribution is 0.412. The highest BCUT2D eigenvalue weighted by Gasteiger charge is 2.21. The van der Waals surface area contributed by atoms with Crippen molar-refractivity contribution in [1.82, 2.24) is 9.55 Å². The highest BCUT2D eigenvalue weighted by atomic mass is 16.5. The number of methoxy groups -OCH3 is 1. The number of benzene rings is 4. The Morgan fingerprint density at radius 3 is 1.97 bits per heavy atom. The van der Waals surface area contributed by atoms with Gasteiger partial charge in [-0.3, -0.25) is 9.36 Å². The Morgan fingerprint density at radius 2 is 1.39 bits per heavy atom. The van der Waals surface area contributed by atoms with Crippen molar-refractivity contribution in [2.24, 2.45) is 0 Å². The van der Waals surface area contributed by atoms with Gasteiger partial charge in [0.2, 0.25) is 0 Å². The van der Waals surface area contributed by atoms with Crippen molar-refractivity contribution in [2.45, 2.75) is 19.9 Å². The molecule has 0 aliphatic rings. The molecule has 180 valence electrons. The van der Waals surface area contributed by atoms with Crippen molar-refractivity contribution in [3.63, 3.8) is 0 Å². The molecule has 0 fully saturated rings. The van der Waals surface area contributed by atoms with Crippen molar-refractivity contribution >= 4 is 22.3 Å². The van der Waals surface area contributed by atoms with Crippen molar-refractivity contribution < 1.29 is 4.74 Å². The average molecular weight is 476 g/mol. The minimum atomic E-state index is -0.276. The number of hydrogen-bond acceptors (Lipinski definition) is 4. The van der Waals surface area contributed by atoms with Crippen LogP contribution in [0.3, 0.4) is 0 Å². The summed E-state index contributed by atoms with van der Waals surface area (Å²) in [7, 11) is 3.67. The maximum atomic E-state index is 14.1. The van der Waals surface area contributed by atoms with E-state index in [9.17, 15) is 4.79 Å². The lowest BCUT2D eigenvalue weighted by atomic mass is 9.98. The molecule has 5 nitrogen and oxygen atoms in total. The zero-order chi connectivity index (χ0) is 25.2. The molecule has 5 rings (SSSR count). The average Bonchev–Trinajstić information content (AvgIpc) is 2.91. The van der Waals surface area contributed by atoms with Gasteiger partial charge < -0.3 is 9.64 Å². The number of anilines is 2. The quantitative estimate of drug-likeness (QED) is 0.284. The summed E-state index contributed by atoms with van der Waals surface area (Å²) in [5, 5.41) is 0.590. The molecule has 1 aromatic heterocycles. The van der Waals surface area contributed by atoms with E-state index >= 15 is 0 Å². The molecule has 0 bridgehead atoms. The Balaban J connectivity index is 1.66. The third kappa shape index (κ3) is 4.24. The predicted octanol–water partition coefficient (Wildman–Crippen LogP) is 6.43. The molecule has 0 saturated carbocycles. The minimum absolute atomic E-state index is 0.0589. The Labute approximate surface area is 211 Å². The Hall–Kier alpha value is -4.38. The smallest absolute Gasteiger partial charge is 0.262 e. The van der Waals surface area contributed by atoms with Crippen molar-refractivity contribution in [2.75, 3.05) is 19.1 Å². The molecule has 0 aliphatic heterocycles. The summed E-state index contributed by atoms with van der Waals surface area (Å²) in [5.41, 5.74) is 5.69. The monoisotopic (exact) mass is 475 g/mol. The molecule has 0 spiro atoms. The number of aryl methyl sites for hydroxylation is 2. The molecule has 5 aromatic rings. The summed E-state index contributed by atoms with van der Waals surface area (Å²) in [6, 6.07) is 31.9. The molecule has 0 unspecified atom stereocenters. The predicted molar refractivity (Wildman–Crippen MR) is 147 cm³/mol. The van der Waals surface area contributed by atoms with Crippen LogP contribution in [0.1, 0.15) is 28.6 Å². The van der Waals surface area contributed by atoms with E-state index < -0.39 is 0 Å². The third-order valence-electron chi connectivity index (χ3n) is 6.70. The maximum absolute atomic E-state index is 14.1. The van der Waals surface area contributed by atoms with Crippen molar-refractivity contribution in [3.8, 4) is 5.75 Å². The van der Waals surface area contributed by atoms with Crippen LogP contribution in [0.15, 0.2) is 102 Å². The molecule has 4 aromatic carbocycles. The molecule has 0 amide bonds. The highest BCUT2D eigenvalue weighted by molar-refractivity contribution is 5.83. The van der Waals surface area contributed by atoms with E-state index in [4.69, 9.17) is 9.72 Å². The van der Waals surface area contributed by atoms with Crippen LogP contribution in [0, 0.1) is 13.8 Å². The van der Waals surface area contributed by atoms with Gasteiger partial charge in [0.1, 0.15) is 11.6 Å². The zero-order valence-electron chi connectivity index (χ0n) is 21.0. The molecule has 5 heteroatoms. The molecule has 0 N–H and O–H groups in total. The number of rotatable bonds is 6. The van der Waals surface area contributed by atoms with Gasteiger partial charge in [-0.1, -0.05) is 60.7 Å². The summed E-state index contributed by atoms with van der Waals surface area (Å²) in [6.07, 6.45) is 0. The Bertz CT molecular complexity index is 1540. The van der Waals surface area contributed by atoms with Crippen LogP contribution >= 0.6 is 0 Å². The second-order valence-corrected chi connectivity index (χ2v) is 8.97. The Morgan fingerprint density at radius 1 is 0.806 bits per heavy atom. The Kier molecular flexibility index (Phi) is 6.30. The van der Waals surface area contributed by atoms with Crippen LogP contribution in [-0.4, -0.2) is 23.7 Å². The third-order valence-corrected chi connectivity index (χ3v) is 6.70. The van der Waals surface area contributed by atoms with Crippen LogP contribution in [0.2, 0.25) is 0 Å². The van der Waals surface area contributed by atoms with E-state index in [1.54, 1.807) is 7.11 Å². The molecule has 36 heavy (non-hydrogen) atoms. The number of aromatic nitrogens is 2. The first-order valence-corrected chi connectivity index (χ1v) is 12.0. The van der Waals surface area contributed by atoms with E-state index in [2.05, 4.69) is 35.2 Å². The SMILES string of the molecule is COc1ccc(N(C)c2ccc3nc(C)n(C(c4ccccc4)c4ccccc4)c(=O)c3c2)cc1C. The fraction of sp³-hybridized carbons (Fsp3) is 0.161. The lowest BCUT2D eigenvalue weighted by Crippen LogP contribution is -2.29. The summed E-state index contributed by atoms with van der Waals surface area (Å²) in [6.45, 7) is 3.93. The summed E-state index contributed by atoms with van der Waals surface area (Å²) >= 11 is 0. The van der Waals surface area contributed by atoms with E-state index in [1.165, 1.54) is 0 Å². The molecule has 0 aliphatic carbocycles. The van der Waals surface area contributed by atoms with Crippen LogP contribution in [0.5, 0.6) is 5.75 Å². The second kappa shape index (κ2) is 9.70. The highest BCUT2D eigenvalue weighted by Crippen LogP contribution is 2.31. The van der Waals surface area contributed by atoms with E-state index in [0.717, 1.165) is 33.8 Å². The standard InChI is InChI=1S/C31H29N3O2/c1-21-19-25(16-18-29(21)36-4)33(3)26-15-17-28-27(20-26)31(35)34(22(2)32-28)30(23-11-7-5-8-12-23)24-13-9-6-10-14-24/h5-20,30H,1-4H3. The fourth-order valence-electron chi connectivity index (χ4n) is 4.79. The van der Waals surface area contributed by atoms with Gasteiger partial charge in [0.15, 0.2) is 0 Å². The minimum Gasteiger partial charge on any atom is -0.496 e. The van der Waals surface area contributed by atoms with Gasteiger partial charge in [-0.15, -0.1) is 0 Å². The molecule has 0 atom stereocenters. The van der Waals surface area contributed by atoms with Gasteiger partial charge in [0.05, 0.1) is 24.1 Å². The van der Waals surface area contributed by atoms with E-state index in [-0.39, 0.29) is 11.6 Å². The number of fused-ring (bicyclic) bond motifs is 1. The largest absolute Gasteiger partial charge is 0.496 e. The van der Waals surface area contributed by atoms with E-state index in [0.29, 0.717) is 16.7 Å². The first kappa shape index (κ1) is 23.4. The van der Waals surface area contributed by atoms with Crippen LogP contribution in [0.25, 0.3) is 10.9 Å². The first-order chi connectivity index (χ1) is 17.5. The molecular formula is C31H29N3O2. The molecule has 0 radical (unpaired) electrons. The van der Waals surface area contributed by atoms with Gasteiger partial charge >= 0.3 is 0 Å².